The average molecular weight is 236 g/mol. The fourth-order valence-corrected chi connectivity index (χ4v) is 2.73. The quantitative estimate of drug-likeness (QED) is 0.823. The maximum absolute atomic E-state index is 5.98. The topological polar surface area (TPSA) is 12.0 Å². The maximum Gasteiger partial charge on any atom is 0.0410 e. The lowest BCUT2D eigenvalue weighted by Gasteiger charge is -2.20. The third-order valence-corrected chi connectivity index (χ3v) is 4.01. The number of halogens is 1. The Morgan fingerprint density at radius 2 is 1.81 bits per heavy atom. The summed E-state index contributed by atoms with van der Waals surface area (Å²) in [5.41, 5.74) is 2.53. The fraction of sp³-hybridized carbons (Fsp3) is 0.571. The Morgan fingerprint density at radius 3 is 2.31 bits per heavy atom. The van der Waals surface area contributed by atoms with Crippen LogP contribution < -0.4 is 5.32 Å². The van der Waals surface area contributed by atoms with E-state index in [2.05, 4.69) is 18.3 Å². The predicted octanol–water partition coefficient (Wildman–Crippen LogP) is 4.25. The van der Waals surface area contributed by atoms with Crippen LogP contribution in [-0.4, -0.2) is 6.04 Å². The molecular weight excluding hydrogens is 218 g/mol. The molecule has 2 saturated carbocycles. The van der Waals surface area contributed by atoms with Gasteiger partial charge in [-0.05, 0) is 68.2 Å². The monoisotopic (exact) mass is 235 g/mol. The molecule has 0 aromatic heterocycles. The number of benzene rings is 1. The second-order valence-electron chi connectivity index (χ2n) is 5.30. The molecule has 1 nitrogen and oxygen atoms in total. The molecule has 2 aliphatic carbocycles. The van der Waals surface area contributed by atoms with E-state index in [4.69, 9.17) is 11.6 Å². The van der Waals surface area contributed by atoms with Gasteiger partial charge >= 0.3 is 0 Å². The summed E-state index contributed by atoms with van der Waals surface area (Å²) < 4.78 is 0. The van der Waals surface area contributed by atoms with E-state index in [1.54, 1.807) is 0 Å². The van der Waals surface area contributed by atoms with Gasteiger partial charge in [-0.1, -0.05) is 11.6 Å². The number of aryl methyl sites for hydroxylation is 1. The van der Waals surface area contributed by atoms with Crippen molar-refractivity contribution in [1.82, 2.24) is 0 Å². The minimum Gasteiger partial charge on any atom is -0.382 e. The molecule has 1 N–H and O–H groups in total. The highest BCUT2D eigenvalue weighted by atomic mass is 35.5. The molecule has 2 heteroatoms. The molecule has 0 radical (unpaired) electrons. The molecule has 0 saturated heterocycles. The third-order valence-electron chi connectivity index (χ3n) is 3.77. The summed E-state index contributed by atoms with van der Waals surface area (Å²) in [4.78, 5) is 0. The highest BCUT2D eigenvalue weighted by molar-refractivity contribution is 6.30. The minimum atomic E-state index is 0.722. The van der Waals surface area contributed by atoms with Crippen molar-refractivity contribution >= 4 is 17.3 Å². The lowest BCUT2D eigenvalue weighted by molar-refractivity contribution is 0.567. The second kappa shape index (κ2) is 3.96. The molecule has 0 spiro atoms. The first-order chi connectivity index (χ1) is 7.74. The van der Waals surface area contributed by atoms with Crippen LogP contribution in [-0.2, 0) is 0 Å². The summed E-state index contributed by atoms with van der Waals surface area (Å²) in [5.74, 6) is 1.87. The highest BCUT2D eigenvalue weighted by Gasteiger charge is 2.41. The van der Waals surface area contributed by atoms with Gasteiger partial charge in [0.1, 0.15) is 0 Å². The van der Waals surface area contributed by atoms with Crippen molar-refractivity contribution in [3.8, 4) is 0 Å². The Balaban J connectivity index is 1.76. The minimum absolute atomic E-state index is 0.722. The molecule has 0 aliphatic heterocycles. The van der Waals surface area contributed by atoms with Gasteiger partial charge in [0.25, 0.3) is 0 Å². The van der Waals surface area contributed by atoms with E-state index in [0.717, 1.165) is 22.9 Å². The van der Waals surface area contributed by atoms with Crippen LogP contribution in [0.15, 0.2) is 18.2 Å². The lowest BCUT2D eigenvalue weighted by Crippen LogP contribution is -2.24. The zero-order valence-corrected chi connectivity index (χ0v) is 10.4. The van der Waals surface area contributed by atoms with E-state index in [1.165, 1.54) is 36.9 Å². The highest BCUT2D eigenvalue weighted by Crippen LogP contribution is 2.46. The Labute approximate surface area is 102 Å². The summed E-state index contributed by atoms with van der Waals surface area (Å²) in [6, 6.07) is 6.86. The first-order valence-electron chi connectivity index (χ1n) is 6.27. The Hall–Kier alpha value is -0.690. The summed E-state index contributed by atoms with van der Waals surface area (Å²) >= 11 is 5.98. The standard InChI is InChI=1S/C14H18ClN/c1-9-8-12(15)6-7-13(9)16-14(10-2-3-10)11-4-5-11/h6-8,10-11,14,16H,2-5H2,1H3. The summed E-state index contributed by atoms with van der Waals surface area (Å²) in [6.45, 7) is 2.13. The molecule has 16 heavy (non-hydrogen) atoms. The lowest BCUT2D eigenvalue weighted by atomic mass is 10.1. The largest absolute Gasteiger partial charge is 0.382 e. The molecule has 0 heterocycles. The number of hydrogen-bond donors (Lipinski definition) is 1. The predicted molar refractivity (Wildman–Crippen MR) is 69.0 cm³/mol. The zero-order chi connectivity index (χ0) is 11.1. The van der Waals surface area contributed by atoms with Gasteiger partial charge in [-0.2, -0.15) is 0 Å². The normalized spacial score (nSPS) is 20.2. The molecule has 86 valence electrons. The smallest absolute Gasteiger partial charge is 0.0410 e. The van der Waals surface area contributed by atoms with Crippen LogP contribution in [0.2, 0.25) is 5.02 Å². The van der Waals surface area contributed by atoms with Gasteiger partial charge in [0.15, 0.2) is 0 Å². The van der Waals surface area contributed by atoms with Crippen LogP contribution >= 0.6 is 11.6 Å². The maximum atomic E-state index is 5.98. The van der Waals surface area contributed by atoms with Gasteiger partial charge in [0.05, 0.1) is 0 Å². The molecule has 0 amide bonds. The molecule has 0 unspecified atom stereocenters. The molecule has 2 aliphatic rings. The Bertz CT molecular complexity index is 382. The zero-order valence-electron chi connectivity index (χ0n) is 9.67. The van der Waals surface area contributed by atoms with E-state index in [-0.39, 0.29) is 0 Å². The van der Waals surface area contributed by atoms with Crippen molar-refractivity contribution in [2.75, 3.05) is 5.32 Å². The van der Waals surface area contributed by atoms with Crippen molar-refractivity contribution in [2.45, 2.75) is 38.6 Å². The molecular formula is C14H18ClN. The van der Waals surface area contributed by atoms with Crippen molar-refractivity contribution in [2.24, 2.45) is 11.8 Å². The fourth-order valence-electron chi connectivity index (χ4n) is 2.50. The number of nitrogens with one attached hydrogen (secondary N) is 1. The van der Waals surface area contributed by atoms with Crippen molar-refractivity contribution in [3.63, 3.8) is 0 Å². The number of hydrogen-bond acceptors (Lipinski definition) is 1. The van der Waals surface area contributed by atoms with Gasteiger partial charge in [-0.15, -0.1) is 0 Å². The van der Waals surface area contributed by atoms with E-state index in [0.29, 0.717) is 0 Å². The Morgan fingerprint density at radius 1 is 1.19 bits per heavy atom. The van der Waals surface area contributed by atoms with E-state index >= 15 is 0 Å². The first-order valence-corrected chi connectivity index (χ1v) is 6.64. The van der Waals surface area contributed by atoms with E-state index in [9.17, 15) is 0 Å². The van der Waals surface area contributed by atoms with Crippen LogP contribution in [0, 0.1) is 18.8 Å². The number of rotatable bonds is 4. The van der Waals surface area contributed by atoms with E-state index in [1.807, 2.05) is 12.1 Å². The molecule has 1 aromatic rings. The first kappa shape index (κ1) is 10.5. The van der Waals surface area contributed by atoms with Crippen LogP contribution in [0.25, 0.3) is 0 Å². The van der Waals surface area contributed by atoms with Crippen LogP contribution in [0.5, 0.6) is 0 Å². The van der Waals surface area contributed by atoms with E-state index < -0.39 is 0 Å². The van der Waals surface area contributed by atoms with Gasteiger partial charge in [0.2, 0.25) is 0 Å². The van der Waals surface area contributed by atoms with Gasteiger partial charge in [-0.3, -0.25) is 0 Å². The van der Waals surface area contributed by atoms with Crippen LogP contribution in [0.1, 0.15) is 31.2 Å². The SMILES string of the molecule is Cc1cc(Cl)ccc1NC(C1CC1)C1CC1. The third kappa shape index (κ3) is 2.20. The molecule has 1 aromatic carbocycles. The van der Waals surface area contributed by atoms with Crippen LogP contribution in [0.4, 0.5) is 5.69 Å². The van der Waals surface area contributed by atoms with Gasteiger partial charge < -0.3 is 5.32 Å². The van der Waals surface area contributed by atoms with Crippen molar-refractivity contribution in [1.29, 1.82) is 0 Å². The van der Waals surface area contributed by atoms with Gasteiger partial charge in [-0.25, -0.2) is 0 Å². The second-order valence-corrected chi connectivity index (χ2v) is 5.74. The molecule has 2 fully saturated rings. The average Bonchev–Trinajstić information content (AvgIpc) is 3.11. The summed E-state index contributed by atoms with van der Waals surface area (Å²) in [7, 11) is 0. The molecule has 0 bridgehead atoms. The summed E-state index contributed by atoms with van der Waals surface area (Å²) in [6.07, 6.45) is 5.67. The van der Waals surface area contributed by atoms with Gasteiger partial charge in [0, 0.05) is 16.8 Å². The summed E-state index contributed by atoms with van der Waals surface area (Å²) in [5, 5.41) is 4.57. The molecule has 3 rings (SSSR count). The van der Waals surface area contributed by atoms with Crippen molar-refractivity contribution < 1.29 is 0 Å². The molecule has 0 atom stereocenters. The van der Waals surface area contributed by atoms with Crippen LogP contribution in [0.3, 0.4) is 0 Å². The van der Waals surface area contributed by atoms with Crippen molar-refractivity contribution in [3.05, 3.63) is 28.8 Å². The Kier molecular flexibility index (Phi) is 2.59. The number of anilines is 1.